The molecule has 0 bridgehead atoms. The summed E-state index contributed by atoms with van der Waals surface area (Å²) in [6, 6.07) is 0. The van der Waals surface area contributed by atoms with Crippen LogP contribution in [0.2, 0.25) is 0 Å². The first-order valence-electron chi connectivity index (χ1n) is 7.88. The molecule has 110 valence electrons. The van der Waals surface area contributed by atoms with Crippen LogP contribution in [-0.2, 0) is 4.79 Å². The second-order valence-corrected chi connectivity index (χ2v) is 7.66. The van der Waals surface area contributed by atoms with Gasteiger partial charge >= 0.3 is 0 Å². The van der Waals surface area contributed by atoms with Crippen molar-refractivity contribution in [2.45, 2.75) is 59.3 Å². The lowest BCUT2D eigenvalue weighted by molar-refractivity contribution is -0.147. The van der Waals surface area contributed by atoms with E-state index in [2.05, 4.69) is 25.7 Å². The Bertz CT molecular complexity index is 330. The van der Waals surface area contributed by atoms with E-state index in [1.54, 1.807) is 0 Å². The molecule has 19 heavy (non-hydrogen) atoms. The van der Waals surface area contributed by atoms with Crippen LogP contribution in [0.5, 0.6) is 0 Å². The zero-order chi connectivity index (χ0) is 14.1. The van der Waals surface area contributed by atoms with Gasteiger partial charge in [-0.05, 0) is 49.9 Å². The minimum Gasteiger partial charge on any atom is -0.342 e. The highest BCUT2D eigenvalue weighted by Crippen LogP contribution is 2.41. The van der Waals surface area contributed by atoms with Crippen LogP contribution < -0.4 is 5.73 Å². The molecule has 2 rings (SSSR count). The third-order valence-electron chi connectivity index (χ3n) is 5.26. The summed E-state index contributed by atoms with van der Waals surface area (Å²) in [5.74, 6) is 1.10. The van der Waals surface area contributed by atoms with Crippen molar-refractivity contribution < 1.29 is 4.79 Å². The van der Waals surface area contributed by atoms with Crippen molar-refractivity contribution in [2.75, 3.05) is 19.6 Å². The van der Waals surface area contributed by atoms with Gasteiger partial charge in [-0.1, -0.05) is 20.8 Å². The molecule has 2 N–H and O–H groups in total. The van der Waals surface area contributed by atoms with E-state index in [1.807, 2.05) is 0 Å². The van der Waals surface area contributed by atoms with Crippen LogP contribution >= 0.6 is 0 Å². The average molecular weight is 266 g/mol. The van der Waals surface area contributed by atoms with Gasteiger partial charge in [0, 0.05) is 19.6 Å². The van der Waals surface area contributed by atoms with E-state index < -0.39 is 0 Å². The minimum absolute atomic E-state index is 0.250. The van der Waals surface area contributed by atoms with E-state index in [0.29, 0.717) is 12.5 Å². The van der Waals surface area contributed by atoms with Gasteiger partial charge in [0.15, 0.2) is 0 Å². The summed E-state index contributed by atoms with van der Waals surface area (Å²) in [6.07, 6.45) is 6.64. The molecule has 1 amide bonds. The number of hydrogen-bond acceptors (Lipinski definition) is 2. The first kappa shape index (κ1) is 14.8. The summed E-state index contributed by atoms with van der Waals surface area (Å²) < 4.78 is 0. The van der Waals surface area contributed by atoms with E-state index in [9.17, 15) is 4.79 Å². The first-order chi connectivity index (χ1) is 8.88. The molecule has 2 fully saturated rings. The lowest BCUT2D eigenvalue weighted by Crippen LogP contribution is -2.53. The number of amides is 1. The fraction of sp³-hybridized carbons (Fsp3) is 0.938. The van der Waals surface area contributed by atoms with Gasteiger partial charge in [-0.25, -0.2) is 0 Å². The van der Waals surface area contributed by atoms with Crippen molar-refractivity contribution in [3.8, 4) is 0 Å². The number of carbonyl (C=O) groups is 1. The smallest absolute Gasteiger partial charge is 0.230 e. The molecule has 1 heterocycles. The van der Waals surface area contributed by atoms with Crippen molar-refractivity contribution >= 4 is 5.91 Å². The quantitative estimate of drug-likeness (QED) is 0.835. The number of hydrogen-bond donors (Lipinski definition) is 1. The topological polar surface area (TPSA) is 46.3 Å². The molecular formula is C16H30N2O. The fourth-order valence-electron chi connectivity index (χ4n) is 3.75. The van der Waals surface area contributed by atoms with Crippen LogP contribution in [0.1, 0.15) is 59.3 Å². The van der Waals surface area contributed by atoms with Gasteiger partial charge < -0.3 is 10.6 Å². The Hall–Kier alpha value is -0.570. The molecule has 0 aromatic heterocycles. The Kier molecular flexibility index (Phi) is 4.24. The highest BCUT2D eigenvalue weighted by atomic mass is 16.2. The van der Waals surface area contributed by atoms with Crippen molar-refractivity contribution in [1.82, 2.24) is 4.90 Å². The molecule has 0 radical (unpaired) electrons. The summed E-state index contributed by atoms with van der Waals surface area (Å²) in [5.41, 5.74) is 6.03. The largest absolute Gasteiger partial charge is 0.342 e. The van der Waals surface area contributed by atoms with E-state index in [1.165, 1.54) is 6.42 Å². The molecule has 0 aromatic rings. The molecule has 0 atom stereocenters. The number of piperidine rings is 1. The minimum atomic E-state index is -0.250. The van der Waals surface area contributed by atoms with Crippen LogP contribution in [0.15, 0.2) is 0 Å². The molecule has 1 saturated carbocycles. The molecule has 2 aliphatic rings. The zero-order valence-electron chi connectivity index (χ0n) is 12.9. The first-order valence-corrected chi connectivity index (χ1v) is 7.88. The fourth-order valence-corrected chi connectivity index (χ4v) is 3.75. The second-order valence-electron chi connectivity index (χ2n) is 7.66. The Labute approximate surface area is 117 Å². The highest BCUT2D eigenvalue weighted by molar-refractivity contribution is 5.83. The van der Waals surface area contributed by atoms with E-state index in [4.69, 9.17) is 5.73 Å². The van der Waals surface area contributed by atoms with Crippen LogP contribution in [0.3, 0.4) is 0 Å². The molecule has 3 heteroatoms. The number of rotatable bonds is 2. The maximum absolute atomic E-state index is 12.9. The molecule has 1 aliphatic carbocycles. The second kappa shape index (κ2) is 5.43. The van der Waals surface area contributed by atoms with E-state index in [0.717, 1.165) is 51.1 Å². The third-order valence-corrected chi connectivity index (χ3v) is 5.26. The molecule has 0 unspecified atom stereocenters. The van der Waals surface area contributed by atoms with Crippen LogP contribution in [0.25, 0.3) is 0 Å². The Balaban J connectivity index is 2.08. The van der Waals surface area contributed by atoms with Crippen LogP contribution in [0.4, 0.5) is 0 Å². The summed E-state index contributed by atoms with van der Waals surface area (Å²) in [4.78, 5) is 15.1. The lowest BCUT2D eigenvalue weighted by atomic mass is 9.69. The predicted molar refractivity (Wildman–Crippen MR) is 78.7 cm³/mol. The molecule has 1 saturated heterocycles. The van der Waals surface area contributed by atoms with Gasteiger partial charge in [-0.2, -0.15) is 0 Å². The van der Waals surface area contributed by atoms with Crippen LogP contribution in [-0.4, -0.2) is 30.4 Å². The van der Waals surface area contributed by atoms with Gasteiger partial charge in [-0.15, -0.1) is 0 Å². The monoisotopic (exact) mass is 266 g/mol. The average Bonchev–Trinajstić information content (AvgIpc) is 2.38. The predicted octanol–water partition coefficient (Wildman–Crippen LogP) is 2.79. The van der Waals surface area contributed by atoms with Crippen molar-refractivity contribution in [2.24, 2.45) is 22.5 Å². The molecule has 0 spiro atoms. The van der Waals surface area contributed by atoms with Crippen LogP contribution in [0, 0.1) is 16.7 Å². The van der Waals surface area contributed by atoms with Gasteiger partial charge in [0.2, 0.25) is 5.91 Å². The van der Waals surface area contributed by atoms with E-state index >= 15 is 0 Å². The summed E-state index contributed by atoms with van der Waals surface area (Å²) in [7, 11) is 0. The summed E-state index contributed by atoms with van der Waals surface area (Å²) in [6.45, 7) is 9.18. The zero-order valence-corrected chi connectivity index (χ0v) is 12.9. The van der Waals surface area contributed by atoms with Gasteiger partial charge in [0.1, 0.15) is 0 Å². The van der Waals surface area contributed by atoms with Crippen molar-refractivity contribution in [3.63, 3.8) is 0 Å². The van der Waals surface area contributed by atoms with Gasteiger partial charge in [-0.3, -0.25) is 4.79 Å². The normalized spacial score (nSPS) is 35.2. The maximum atomic E-state index is 12.9. The van der Waals surface area contributed by atoms with Crippen molar-refractivity contribution in [3.05, 3.63) is 0 Å². The molecule has 3 nitrogen and oxygen atoms in total. The lowest BCUT2D eigenvalue weighted by Gasteiger charge is -2.45. The Morgan fingerprint density at radius 2 is 1.89 bits per heavy atom. The SMILES string of the molecule is CC1CCC(CN)(C(=O)N2CCCC(C)(C)C2)CC1. The standard InChI is InChI=1S/C16H30N2O/c1-13-5-8-16(11-17,9-6-13)14(19)18-10-4-7-15(2,3)12-18/h13H,4-12,17H2,1-3H3. The van der Waals surface area contributed by atoms with E-state index in [-0.39, 0.29) is 10.8 Å². The molecule has 0 aromatic carbocycles. The molecular weight excluding hydrogens is 236 g/mol. The summed E-state index contributed by atoms with van der Waals surface area (Å²) >= 11 is 0. The Morgan fingerprint density at radius 1 is 1.26 bits per heavy atom. The molecule has 1 aliphatic heterocycles. The van der Waals surface area contributed by atoms with Gasteiger partial charge in [0.25, 0.3) is 0 Å². The number of nitrogens with zero attached hydrogens (tertiary/aromatic N) is 1. The van der Waals surface area contributed by atoms with Crippen molar-refractivity contribution in [1.29, 1.82) is 0 Å². The number of likely N-dealkylation sites (tertiary alicyclic amines) is 1. The summed E-state index contributed by atoms with van der Waals surface area (Å²) in [5, 5.41) is 0. The number of nitrogens with two attached hydrogens (primary N) is 1. The van der Waals surface area contributed by atoms with Gasteiger partial charge in [0.05, 0.1) is 5.41 Å². The highest BCUT2D eigenvalue weighted by Gasteiger charge is 2.43. The Morgan fingerprint density at radius 3 is 2.42 bits per heavy atom. The number of carbonyl (C=O) groups excluding carboxylic acids is 1. The maximum Gasteiger partial charge on any atom is 0.230 e. The third kappa shape index (κ3) is 3.13.